The summed E-state index contributed by atoms with van der Waals surface area (Å²) in [4.78, 5) is 10.8. The smallest absolute Gasteiger partial charge is 0.150 e. The second-order valence-electron chi connectivity index (χ2n) is 4.55. The van der Waals surface area contributed by atoms with E-state index in [-0.39, 0.29) is 6.23 Å². The van der Waals surface area contributed by atoms with Gasteiger partial charge in [0, 0.05) is 29.1 Å². The summed E-state index contributed by atoms with van der Waals surface area (Å²) in [6, 6.07) is 5.33. The van der Waals surface area contributed by atoms with Crippen molar-refractivity contribution in [2.45, 2.75) is 32.4 Å². The number of hydrogen-bond acceptors (Lipinski definition) is 4. The molecule has 0 bridgehead atoms. The summed E-state index contributed by atoms with van der Waals surface area (Å²) in [6.45, 7) is 2.50. The second kappa shape index (κ2) is 5.78. The summed E-state index contributed by atoms with van der Waals surface area (Å²) in [5.41, 5.74) is 2.65. The molecule has 2 N–H and O–H groups in total. The maximum atomic E-state index is 10.8. The number of carbonyl (C=O) groups excluding carboxylic acids is 1. The SMILES string of the molecule is CC(=N)c1cc(C=O)ccc1NC1CCCCO1. The monoisotopic (exact) mass is 246 g/mol. The van der Waals surface area contributed by atoms with Crippen LogP contribution < -0.4 is 5.32 Å². The first-order valence-electron chi connectivity index (χ1n) is 6.23. The molecule has 1 saturated heterocycles. The van der Waals surface area contributed by atoms with Crippen molar-refractivity contribution >= 4 is 17.7 Å². The summed E-state index contributed by atoms with van der Waals surface area (Å²) in [6.07, 6.45) is 4.06. The fraction of sp³-hybridized carbons (Fsp3) is 0.429. The fourth-order valence-corrected chi connectivity index (χ4v) is 2.10. The van der Waals surface area contributed by atoms with Crippen LogP contribution in [0.5, 0.6) is 0 Å². The third-order valence-electron chi connectivity index (χ3n) is 3.08. The molecule has 0 saturated carbocycles. The van der Waals surface area contributed by atoms with Crippen LogP contribution in [0.2, 0.25) is 0 Å². The molecule has 18 heavy (non-hydrogen) atoms. The number of hydrogen-bond donors (Lipinski definition) is 2. The molecule has 1 aliphatic heterocycles. The second-order valence-corrected chi connectivity index (χ2v) is 4.55. The minimum Gasteiger partial charge on any atom is -0.360 e. The molecule has 0 aromatic heterocycles. The van der Waals surface area contributed by atoms with Gasteiger partial charge in [-0.2, -0.15) is 0 Å². The largest absolute Gasteiger partial charge is 0.360 e. The first-order valence-corrected chi connectivity index (χ1v) is 6.23. The quantitative estimate of drug-likeness (QED) is 0.634. The molecule has 1 aliphatic rings. The van der Waals surface area contributed by atoms with Gasteiger partial charge in [0.2, 0.25) is 0 Å². The zero-order chi connectivity index (χ0) is 13.0. The van der Waals surface area contributed by atoms with Crippen molar-refractivity contribution in [3.63, 3.8) is 0 Å². The lowest BCUT2D eigenvalue weighted by Crippen LogP contribution is -2.27. The first kappa shape index (κ1) is 12.8. The minimum atomic E-state index is 0.0129. The number of anilines is 1. The molecule has 0 spiro atoms. The Kier molecular flexibility index (Phi) is 4.10. The van der Waals surface area contributed by atoms with Crippen LogP contribution in [0.4, 0.5) is 5.69 Å². The molecule has 4 heteroatoms. The highest BCUT2D eigenvalue weighted by atomic mass is 16.5. The van der Waals surface area contributed by atoms with E-state index >= 15 is 0 Å². The van der Waals surface area contributed by atoms with Gasteiger partial charge in [-0.1, -0.05) is 0 Å². The van der Waals surface area contributed by atoms with E-state index in [1.165, 1.54) is 0 Å². The van der Waals surface area contributed by atoms with Gasteiger partial charge in [0.1, 0.15) is 12.5 Å². The van der Waals surface area contributed by atoms with Crippen LogP contribution >= 0.6 is 0 Å². The van der Waals surface area contributed by atoms with Crippen molar-refractivity contribution in [2.75, 3.05) is 11.9 Å². The van der Waals surface area contributed by atoms with Gasteiger partial charge >= 0.3 is 0 Å². The molecular formula is C14H18N2O2. The van der Waals surface area contributed by atoms with E-state index in [0.29, 0.717) is 11.3 Å². The van der Waals surface area contributed by atoms with E-state index < -0.39 is 0 Å². The van der Waals surface area contributed by atoms with Gasteiger partial charge < -0.3 is 15.5 Å². The minimum absolute atomic E-state index is 0.0129. The molecule has 0 radical (unpaired) electrons. The zero-order valence-electron chi connectivity index (χ0n) is 10.5. The van der Waals surface area contributed by atoms with Crippen molar-refractivity contribution in [2.24, 2.45) is 0 Å². The molecule has 1 atom stereocenters. The topological polar surface area (TPSA) is 62.2 Å². The summed E-state index contributed by atoms with van der Waals surface area (Å²) >= 11 is 0. The van der Waals surface area contributed by atoms with Crippen LogP contribution in [0.15, 0.2) is 18.2 Å². The molecule has 1 aromatic rings. The standard InChI is InChI=1S/C14H18N2O2/c1-10(15)12-8-11(9-17)5-6-13(12)16-14-4-2-3-7-18-14/h5-6,8-9,14-16H,2-4,7H2,1H3. The normalized spacial score (nSPS) is 19.3. The lowest BCUT2D eigenvalue weighted by atomic mass is 10.0. The highest BCUT2D eigenvalue weighted by molar-refractivity contribution is 6.02. The Hall–Kier alpha value is -1.68. The number of aldehydes is 1. The van der Waals surface area contributed by atoms with Crippen molar-refractivity contribution < 1.29 is 9.53 Å². The molecule has 96 valence electrons. The summed E-state index contributed by atoms with van der Waals surface area (Å²) in [5, 5.41) is 11.1. The molecule has 0 aliphatic carbocycles. The Labute approximate surface area is 107 Å². The molecule has 0 amide bonds. The summed E-state index contributed by atoms with van der Waals surface area (Å²) in [5.74, 6) is 0. The number of ether oxygens (including phenoxy) is 1. The van der Waals surface area contributed by atoms with E-state index in [9.17, 15) is 4.79 Å². The first-order chi connectivity index (χ1) is 8.70. The van der Waals surface area contributed by atoms with Crippen LogP contribution in [0.25, 0.3) is 0 Å². The van der Waals surface area contributed by atoms with Crippen LogP contribution in [-0.4, -0.2) is 24.8 Å². The van der Waals surface area contributed by atoms with E-state index in [4.69, 9.17) is 10.1 Å². The van der Waals surface area contributed by atoms with Gasteiger partial charge in [-0.05, 0) is 44.4 Å². The van der Waals surface area contributed by atoms with E-state index in [2.05, 4.69) is 5.32 Å². The third kappa shape index (κ3) is 2.96. The van der Waals surface area contributed by atoms with Crippen LogP contribution in [0, 0.1) is 5.41 Å². The number of carbonyl (C=O) groups is 1. The molecule has 1 unspecified atom stereocenters. The predicted molar refractivity (Wildman–Crippen MR) is 71.5 cm³/mol. The van der Waals surface area contributed by atoms with E-state index in [1.807, 2.05) is 6.07 Å². The Morgan fingerprint density at radius 1 is 1.50 bits per heavy atom. The van der Waals surface area contributed by atoms with Crippen LogP contribution in [0.3, 0.4) is 0 Å². The molecular weight excluding hydrogens is 228 g/mol. The number of rotatable bonds is 4. The van der Waals surface area contributed by atoms with Crippen molar-refractivity contribution in [3.05, 3.63) is 29.3 Å². The maximum absolute atomic E-state index is 10.8. The summed E-state index contributed by atoms with van der Waals surface area (Å²) in [7, 11) is 0. The predicted octanol–water partition coefficient (Wildman–Crippen LogP) is 2.83. The Morgan fingerprint density at radius 2 is 2.33 bits per heavy atom. The van der Waals surface area contributed by atoms with Gasteiger partial charge in [-0.3, -0.25) is 4.79 Å². The van der Waals surface area contributed by atoms with Gasteiger partial charge in [0.05, 0.1) is 0 Å². The molecule has 2 rings (SSSR count). The van der Waals surface area contributed by atoms with Crippen molar-refractivity contribution in [1.29, 1.82) is 5.41 Å². The lowest BCUT2D eigenvalue weighted by molar-refractivity contribution is 0.0343. The Balaban J connectivity index is 2.20. The molecule has 1 aromatic carbocycles. The highest BCUT2D eigenvalue weighted by Crippen LogP contribution is 2.22. The maximum Gasteiger partial charge on any atom is 0.150 e. The van der Waals surface area contributed by atoms with Crippen molar-refractivity contribution in [3.8, 4) is 0 Å². The average Bonchev–Trinajstić information content (AvgIpc) is 2.40. The van der Waals surface area contributed by atoms with Gasteiger partial charge in [-0.25, -0.2) is 0 Å². The Morgan fingerprint density at radius 3 is 2.94 bits per heavy atom. The fourth-order valence-electron chi connectivity index (χ4n) is 2.10. The van der Waals surface area contributed by atoms with Crippen LogP contribution in [0.1, 0.15) is 42.1 Å². The van der Waals surface area contributed by atoms with E-state index in [1.54, 1.807) is 19.1 Å². The molecule has 1 fully saturated rings. The highest BCUT2D eigenvalue weighted by Gasteiger charge is 2.15. The average molecular weight is 246 g/mol. The zero-order valence-corrected chi connectivity index (χ0v) is 10.5. The van der Waals surface area contributed by atoms with E-state index in [0.717, 1.165) is 43.4 Å². The number of benzene rings is 1. The molecule has 1 heterocycles. The van der Waals surface area contributed by atoms with Gasteiger partial charge in [0.25, 0.3) is 0 Å². The molecule has 4 nitrogen and oxygen atoms in total. The Bertz CT molecular complexity index is 451. The number of nitrogens with one attached hydrogen (secondary N) is 2. The third-order valence-corrected chi connectivity index (χ3v) is 3.08. The summed E-state index contributed by atoms with van der Waals surface area (Å²) < 4.78 is 5.62. The van der Waals surface area contributed by atoms with Gasteiger partial charge in [0.15, 0.2) is 0 Å². The lowest BCUT2D eigenvalue weighted by Gasteiger charge is -2.25. The van der Waals surface area contributed by atoms with Gasteiger partial charge in [-0.15, -0.1) is 0 Å². The van der Waals surface area contributed by atoms with Crippen LogP contribution in [-0.2, 0) is 4.74 Å². The van der Waals surface area contributed by atoms with Crippen molar-refractivity contribution in [1.82, 2.24) is 0 Å².